The van der Waals surface area contributed by atoms with Gasteiger partial charge in [-0.15, -0.1) is 24.0 Å². The summed E-state index contributed by atoms with van der Waals surface area (Å²) in [5.74, 6) is 0.949. The Bertz CT molecular complexity index is 277. The Balaban J connectivity index is 0.00000289. The molecule has 5 nitrogen and oxygen atoms in total. The van der Waals surface area contributed by atoms with Crippen molar-refractivity contribution in [2.24, 2.45) is 16.6 Å². The molecule has 0 aromatic rings. The van der Waals surface area contributed by atoms with Crippen LogP contribution < -0.4 is 16.4 Å². The molecule has 1 rings (SSSR count). The molecule has 0 atom stereocenters. The van der Waals surface area contributed by atoms with Crippen LogP contribution in [0.3, 0.4) is 0 Å². The topological polar surface area (TPSA) is 79.5 Å². The van der Waals surface area contributed by atoms with Crippen LogP contribution in [0.1, 0.15) is 39.5 Å². The zero-order valence-electron chi connectivity index (χ0n) is 11.2. The third-order valence-electron chi connectivity index (χ3n) is 2.83. The second kappa shape index (κ2) is 9.41. The highest BCUT2D eigenvalue weighted by molar-refractivity contribution is 14.0. The average Bonchev–Trinajstić information content (AvgIpc) is 2.13. The molecular weight excluding hydrogens is 343 g/mol. The Kier molecular flexibility index (Phi) is 9.13. The molecule has 4 N–H and O–H groups in total. The normalized spacial score (nSPS) is 15.8. The second-order valence-electron chi connectivity index (χ2n) is 4.84. The van der Waals surface area contributed by atoms with E-state index in [9.17, 15) is 4.79 Å². The first-order valence-electron chi connectivity index (χ1n) is 6.43. The van der Waals surface area contributed by atoms with Gasteiger partial charge in [0.2, 0.25) is 5.91 Å². The van der Waals surface area contributed by atoms with E-state index in [-0.39, 0.29) is 35.8 Å². The Morgan fingerprint density at radius 2 is 2.11 bits per heavy atom. The molecular formula is C12H25IN4O. The van der Waals surface area contributed by atoms with Crippen molar-refractivity contribution in [2.45, 2.75) is 45.6 Å². The summed E-state index contributed by atoms with van der Waals surface area (Å²) in [6, 6.07) is 0.303. The lowest BCUT2D eigenvalue weighted by atomic mass is 9.85. The van der Waals surface area contributed by atoms with E-state index in [2.05, 4.69) is 15.6 Å². The van der Waals surface area contributed by atoms with Gasteiger partial charge in [0.15, 0.2) is 5.96 Å². The zero-order chi connectivity index (χ0) is 12.7. The van der Waals surface area contributed by atoms with Gasteiger partial charge in [-0.1, -0.05) is 6.42 Å². The Morgan fingerprint density at radius 3 is 2.61 bits per heavy atom. The van der Waals surface area contributed by atoms with Gasteiger partial charge in [-0.25, -0.2) is 0 Å². The van der Waals surface area contributed by atoms with E-state index in [0.29, 0.717) is 25.1 Å². The van der Waals surface area contributed by atoms with E-state index >= 15 is 0 Å². The van der Waals surface area contributed by atoms with Crippen molar-refractivity contribution in [1.82, 2.24) is 10.6 Å². The maximum absolute atomic E-state index is 11.5. The fourth-order valence-corrected chi connectivity index (χ4v) is 1.65. The summed E-state index contributed by atoms with van der Waals surface area (Å²) in [6.07, 6.45) is 4.13. The molecule has 0 unspecified atom stereocenters. The molecule has 1 aliphatic rings. The molecule has 0 heterocycles. The van der Waals surface area contributed by atoms with Crippen LogP contribution >= 0.6 is 24.0 Å². The van der Waals surface area contributed by atoms with Crippen LogP contribution in [-0.4, -0.2) is 31.0 Å². The van der Waals surface area contributed by atoms with Gasteiger partial charge >= 0.3 is 0 Å². The Morgan fingerprint density at radius 1 is 1.44 bits per heavy atom. The lowest BCUT2D eigenvalue weighted by Gasteiger charge is -2.23. The number of carbonyl (C=O) groups excluding carboxylic acids is 1. The number of nitrogens with two attached hydrogens (primary N) is 1. The van der Waals surface area contributed by atoms with E-state index in [1.165, 1.54) is 6.42 Å². The molecule has 0 spiro atoms. The molecule has 0 bridgehead atoms. The maximum Gasteiger partial charge on any atom is 0.223 e. The zero-order valence-corrected chi connectivity index (χ0v) is 13.6. The summed E-state index contributed by atoms with van der Waals surface area (Å²) in [5, 5.41) is 5.95. The monoisotopic (exact) mass is 368 g/mol. The number of aliphatic imine (C=N–C) groups is 1. The molecule has 1 aliphatic carbocycles. The van der Waals surface area contributed by atoms with Crippen molar-refractivity contribution in [3.8, 4) is 0 Å². The number of nitrogens with zero attached hydrogens (tertiary/aromatic N) is 1. The van der Waals surface area contributed by atoms with Crippen LogP contribution in [0.2, 0.25) is 0 Å². The first kappa shape index (κ1) is 17.5. The molecule has 106 valence electrons. The number of hydrogen-bond acceptors (Lipinski definition) is 2. The van der Waals surface area contributed by atoms with E-state index in [4.69, 9.17) is 5.73 Å². The van der Waals surface area contributed by atoms with Gasteiger partial charge in [0.05, 0.1) is 0 Å². The van der Waals surface area contributed by atoms with Crippen LogP contribution in [-0.2, 0) is 4.79 Å². The third kappa shape index (κ3) is 7.03. The molecule has 0 aromatic heterocycles. The van der Waals surface area contributed by atoms with Gasteiger partial charge < -0.3 is 16.4 Å². The minimum Gasteiger partial charge on any atom is -0.370 e. The lowest BCUT2D eigenvalue weighted by molar-refractivity contribution is -0.127. The lowest BCUT2D eigenvalue weighted by Crippen LogP contribution is -2.37. The molecule has 1 saturated carbocycles. The summed E-state index contributed by atoms with van der Waals surface area (Å²) < 4.78 is 0. The van der Waals surface area contributed by atoms with Crippen molar-refractivity contribution >= 4 is 35.8 Å². The number of amides is 1. The Hall–Kier alpha value is -0.530. The van der Waals surface area contributed by atoms with Crippen molar-refractivity contribution in [1.29, 1.82) is 0 Å². The van der Waals surface area contributed by atoms with Crippen molar-refractivity contribution in [2.75, 3.05) is 13.1 Å². The van der Waals surface area contributed by atoms with E-state index in [1.807, 2.05) is 13.8 Å². The molecule has 1 amide bonds. The highest BCUT2D eigenvalue weighted by Crippen LogP contribution is 2.25. The second-order valence-corrected chi connectivity index (χ2v) is 4.84. The first-order chi connectivity index (χ1) is 8.09. The number of rotatable bonds is 6. The maximum atomic E-state index is 11.5. The largest absolute Gasteiger partial charge is 0.370 e. The van der Waals surface area contributed by atoms with E-state index in [1.54, 1.807) is 0 Å². The van der Waals surface area contributed by atoms with Crippen molar-refractivity contribution < 1.29 is 4.79 Å². The third-order valence-corrected chi connectivity index (χ3v) is 2.83. The number of nitrogens with one attached hydrogen (secondary N) is 2. The standard InChI is InChI=1S/C12H24N4O.HI/c1-9(2)16-12(13)15-8-4-7-14-11(17)10-5-3-6-10;/h9-10H,3-8H2,1-2H3,(H,14,17)(H3,13,15,16);1H. The summed E-state index contributed by atoms with van der Waals surface area (Å²) in [6.45, 7) is 5.37. The van der Waals surface area contributed by atoms with Crippen LogP contribution in [0.15, 0.2) is 4.99 Å². The molecule has 18 heavy (non-hydrogen) atoms. The van der Waals surface area contributed by atoms with Crippen LogP contribution in [0.5, 0.6) is 0 Å². The molecule has 6 heteroatoms. The minimum absolute atomic E-state index is 0. The van der Waals surface area contributed by atoms with Crippen LogP contribution in [0.4, 0.5) is 0 Å². The van der Waals surface area contributed by atoms with E-state index < -0.39 is 0 Å². The summed E-state index contributed by atoms with van der Waals surface area (Å²) in [7, 11) is 0. The van der Waals surface area contributed by atoms with Gasteiger partial charge in [0.25, 0.3) is 0 Å². The number of halogens is 1. The minimum atomic E-state index is 0. The van der Waals surface area contributed by atoms with Crippen LogP contribution in [0.25, 0.3) is 0 Å². The first-order valence-corrected chi connectivity index (χ1v) is 6.43. The smallest absolute Gasteiger partial charge is 0.223 e. The summed E-state index contributed by atoms with van der Waals surface area (Å²) in [5.41, 5.74) is 5.65. The fourth-order valence-electron chi connectivity index (χ4n) is 1.65. The van der Waals surface area contributed by atoms with Gasteiger partial charge in [0.1, 0.15) is 0 Å². The molecule has 1 fully saturated rings. The number of hydrogen-bond donors (Lipinski definition) is 3. The predicted octanol–water partition coefficient (Wildman–Crippen LogP) is 1.22. The Labute approximate surface area is 126 Å². The van der Waals surface area contributed by atoms with Gasteiger partial charge in [-0.3, -0.25) is 9.79 Å². The number of guanidine groups is 1. The quantitative estimate of drug-likeness (QED) is 0.286. The summed E-state index contributed by atoms with van der Waals surface area (Å²) in [4.78, 5) is 15.7. The highest BCUT2D eigenvalue weighted by atomic mass is 127. The average molecular weight is 368 g/mol. The molecule has 0 aliphatic heterocycles. The van der Waals surface area contributed by atoms with Gasteiger partial charge in [0, 0.05) is 25.0 Å². The SMILES string of the molecule is CC(C)NC(N)=NCCCNC(=O)C1CCC1.I. The van der Waals surface area contributed by atoms with Crippen LogP contribution in [0, 0.1) is 5.92 Å². The van der Waals surface area contributed by atoms with E-state index in [0.717, 1.165) is 19.3 Å². The predicted molar refractivity (Wildman–Crippen MR) is 85.1 cm³/mol. The fraction of sp³-hybridized carbons (Fsp3) is 0.833. The highest BCUT2D eigenvalue weighted by Gasteiger charge is 2.24. The molecule has 0 radical (unpaired) electrons. The number of carbonyl (C=O) groups is 1. The van der Waals surface area contributed by atoms with Crippen molar-refractivity contribution in [3.63, 3.8) is 0 Å². The van der Waals surface area contributed by atoms with Crippen molar-refractivity contribution in [3.05, 3.63) is 0 Å². The molecule has 0 aromatic carbocycles. The van der Waals surface area contributed by atoms with Gasteiger partial charge in [-0.2, -0.15) is 0 Å². The summed E-state index contributed by atoms with van der Waals surface area (Å²) >= 11 is 0. The van der Waals surface area contributed by atoms with Gasteiger partial charge in [-0.05, 0) is 33.1 Å². The molecule has 0 saturated heterocycles.